The van der Waals surface area contributed by atoms with Gasteiger partial charge in [-0.15, -0.1) is 0 Å². The number of halogens is 3. The van der Waals surface area contributed by atoms with E-state index in [2.05, 4.69) is 4.74 Å². The van der Waals surface area contributed by atoms with Crippen molar-refractivity contribution in [3.05, 3.63) is 34.2 Å². The maximum Gasteiger partial charge on any atom is 0.411 e. The van der Waals surface area contributed by atoms with E-state index in [4.69, 9.17) is 5.11 Å². The molecule has 100 valence electrons. The summed E-state index contributed by atoms with van der Waals surface area (Å²) in [7, 11) is 0. The summed E-state index contributed by atoms with van der Waals surface area (Å²) in [4.78, 5) is 22.1. The lowest BCUT2D eigenvalue weighted by Crippen LogP contribution is -2.28. The monoisotopic (exact) mass is 265 g/mol. The first kappa shape index (κ1) is 14.2. The van der Waals surface area contributed by atoms with Crippen molar-refractivity contribution in [1.82, 2.24) is 4.57 Å². The highest BCUT2D eigenvalue weighted by Crippen LogP contribution is 2.14. The molecule has 0 fully saturated rings. The van der Waals surface area contributed by atoms with Gasteiger partial charge in [-0.1, -0.05) is 0 Å². The molecule has 5 nitrogen and oxygen atoms in total. The number of hydrogen-bond acceptors (Lipinski definition) is 3. The zero-order valence-electron chi connectivity index (χ0n) is 9.11. The van der Waals surface area contributed by atoms with E-state index in [-0.39, 0.29) is 13.2 Å². The number of nitrogens with zero attached hydrogens (tertiary/aromatic N) is 1. The lowest BCUT2D eigenvalue weighted by atomic mass is 10.3. The minimum Gasteiger partial charge on any atom is -0.477 e. The van der Waals surface area contributed by atoms with Gasteiger partial charge in [0.15, 0.2) is 0 Å². The molecule has 0 atom stereocenters. The average Bonchev–Trinajstić information content (AvgIpc) is 2.24. The minimum atomic E-state index is -4.42. The number of ether oxygens (including phenoxy) is 1. The number of carboxylic acid groups (broad SMARTS) is 1. The smallest absolute Gasteiger partial charge is 0.411 e. The Morgan fingerprint density at radius 1 is 1.44 bits per heavy atom. The topological polar surface area (TPSA) is 68.5 Å². The van der Waals surface area contributed by atoms with E-state index in [1.807, 2.05) is 0 Å². The fraction of sp³-hybridized carbons (Fsp3) is 0.400. The Morgan fingerprint density at radius 2 is 2.11 bits per heavy atom. The maximum absolute atomic E-state index is 11.8. The summed E-state index contributed by atoms with van der Waals surface area (Å²) in [5.41, 5.74) is -1.21. The molecule has 1 aromatic heterocycles. The third-order valence-corrected chi connectivity index (χ3v) is 1.99. The van der Waals surface area contributed by atoms with E-state index >= 15 is 0 Å². The third kappa shape index (κ3) is 4.21. The van der Waals surface area contributed by atoms with Gasteiger partial charge in [-0.25, -0.2) is 4.79 Å². The van der Waals surface area contributed by atoms with Gasteiger partial charge in [-0.3, -0.25) is 4.79 Å². The van der Waals surface area contributed by atoms with E-state index in [1.165, 1.54) is 12.3 Å². The molecule has 0 unspecified atom stereocenters. The van der Waals surface area contributed by atoms with E-state index in [0.29, 0.717) is 0 Å². The SMILES string of the molecule is O=C(O)c1cccn(CCOCC(F)(F)F)c1=O. The Kier molecular flexibility index (Phi) is 4.49. The molecular formula is C10H10F3NO4. The highest BCUT2D eigenvalue weighted by atomic mass is 19.4. The molecule has 0 saturated carbocycles. The molecule has 0 aliphatic rings. The zero-order valence-corrected chi connectivity index (χ0v) is 9.11. The molecule has 1 aromatic rings. The van der Waals surface area contributed by atoms with Gasteiger partial charge >= 0.3 is 12.1 Å². The van der Waals surface area contributed by atoms with Crippen LogP contribution in [-0.4, -0.2) is 35.0 Å². The van der Waals surface area contributed by atoms with Crippen molar-refractivity contribution in [3.63, 3.8) is 0 Å². The van der Waals surface area contributed by atoms with Gasteiger partial charge in [-0.05, 0) is 12.1 Å². The number of hydrogen-bond donors (Lipinski definition) is 1. The number of aromatic carboxylic acids is 1. The molecule has 0 saturated heterocycles. The number of pyridine rings is 1. The lowest BCUT2D eigenvalue weighted by molar-refractivity contribution is -0.174. The second-order valence-electron chi connectivity index (χ2n) is 3.39. The molecule has 0 aliphatic carbocycles. The van der Waals surface area contributed by atoms with Gasteiger partial charge in [0.1, 0.15) is 12.2 Å². The van der Waals surface area contributed by atoms with Crippen LogP contribution in [-0.2, 0) is 11.3 Å². The normalized spacial score (nSPS) is 11.5. The summed E-state index contributed by atoms with van der Waals surface area (Å²) in [6, 6.07) is 2.45. The van der Waals surface area contributed by atoms with Crippen LogP contribution in [0, 0.1) is 0 Å². The summed E-state index contributed by atoms with van der Waals surface area (Å²) < 4.78 is 40.6. The van der Waals surface area contributed by atoms with Crippen LogP contribution in [0.5, 0.6) is 0 Å². The quantitative estimate of drug-likeness (QED) is 0.810. The van der Waals surface area contributed by atoms with Crippen LogP contribution in [0.25, 0.3) is 0 Å². The molecular weight excluding hydrogens is 255 g/mol. The van der Waals surface area contributed by atoms with Crippen LogP contribution in [0.4, 0.5) is 13.2 Å². The molecule has 0 aromatic carbocycles. The maximum atomic E-state index is 11.8. The molecule has 8 heteroatoms. The minimum absolute atomic E-state index is 0.143. The molecule has 1 N–H and O–H groups in total. The van der Waals surface area contributed by atoms with Gasteiger partial charge in [0, 0.05) is 12.7 Å². The number of carboxylic acids is 1. The van der Waals surface area contributed by atoms with Gasteiger partial charge in [0.25, 0.3) is 5.56 Å². The van der Waals surface area contributed by atoms with E-state index in [0.717, 1.165) is 10.6 Å². The van der Waals surface area contributed by atoms with Crippen molar-refractivity contribution in [2.75, 3.05) is 13.2 Å². The number of aromatic nitrogens is 1. The predicted octanol–water partition coefficient (Wildman–Crippen LogP) is 1.13. The largest absolute Gasteiger partial charge is 0.477 e. The first-order chi connectivity index (χ1) is 8.31. The Bertz CT molecular complexity index is 481. The standard InChI is InChI=1S/C10H10F3NO4/c11-10(12,13)6-18-5-4-14-3-1-2-7(8(14)15)9(16)17/h1-3H,4-6H2,(H,16,17). The van der Waals surface area contributed by atoms with Crippen molar-refractivity contribution in [2.24, 2.45) is 0 Å². The lowest BCUT2D eigenvalue weighted by Gasteiger charge is -2.09. The highest BCUT2D eigenvalue weighted by Gasteiger charge is 2.27. The van der Waals surface area contributed by atoms with E-state index in [9.17, 15) is 22.8 Å². The number of carbonyl (C=O) groups is 1. The summed E-state index contributed by atoms with van der Waals surface area (Å²) in [5, 5.41) is 8.68. The Labute approximate surface area is 99.4 Å². The van der Waals surface area contributed by atoms with Crippen molar-refractivity contribution >= 4 is 5.97 Å². The highest BCUT2D eigenvalue weighted by molar-refractivity contribution is 5.86. The van der Waals surface area contributed by atoms with Crippen LogP contribution in [0.1, 0.15) is 10.4 Å². The molecule has 1 heterocycles. The van der Waals surface area contributed by atoms with Crippen LogP contribution >= 0.6 is 0 Å². The summed E-state index contributed by atoms with van der Waals surface area (Å²) >= 11 is 0. The molecule has 0 bridgehead atoms. The fourth-order valence-corrected chi connectivity index (χ4v) is 1.23. The van der Waals surface area contributed by atoms with Crippen LogP contribution in [0.2, 0.25) is 0 Å². The average molecular weight is 265 g/mol. The van der Waals surface area contributed by atoms with Crippen molar-refractivity contribution in [2.45, 2.75) is 12.7 Å². The Balaban J connectivity index is 2.61. The number of rotatable bonds is 5. The second kappa shape index (κ2) is 5.67. The second-order valence-corrected chi connectivity index (χ2v) is 3.39. The fourth-order valence-electron chi connectivity index (χ4n) is 1.23. The third-order valence-electron chi connectivity index (χ3n) is 1.99. The molecule has 0 amide bonds. The zero-order chi connectivity index (χ0) is 13.8. The predicted molar refractivity (Wildman–Crippen MR) is 54.5 cm³/mol. The summed E-state index contributed by atoms with van der Waals surface area (Å²) in [6.07, 6.45) is -3.14. The van der Waals surface area contributed by atoms with Crippen molar-refractivity contribution < 1.29 is 27.8 Å². The van der Waals surface area contributed by atoms with E-state index < -0.39 is 29.9 Å². The van der Waals surface area contributed by atoms with E-state index in [1.54, 1.807) is 0 Å². The van der Waals surface area contributed by atoms with Crippen molar-refractivity contribution in [1.29, 1.82) is 0 Å². The molecule has 0 radical (unpaired) electrons. The van der Waals surface area contributed by atoms with Gasteiger partial charge in [0.05, 0.1) is 6.61 Å². The first-order valence-corrected chi connectivity index (χ1v) is 4.88. The van der Waals surface area contributed by atoms with Gasteiger partial charge < -0.3 is 14.4 Å². The van der Waals surface area contributed by atoms with Gasteiger partial charge in [-0.2, -0.15) is 13.2 Å². The molecule has 0 aliphatic heterocycles. The Morgan fingerprint density at radius 3 is 2.67 bits per heavy atom. The molecule has 0 spiro atoms. The van der Waals surface area contributed by atoms with Crippen LogP contribution in [0.15, 0.2) is 23.1 Å². The van der Waals surface area contributed by atoms with Crippen LogP contribution in [0.3, 0.4) is 0 Å². The summed E-state index contributed by atoms with van der Waals surface area (Å²) in [6.45, 7) is -1.88. The first-order valence-electron chi connectivity index (χ1n) is 4.88. The van der Waals surface area contributed by atoms with Gasteiger partial charge in [0.2, 0.25) is 0 Å². The molecule has 1 rings (SSSR count). The van der Waals surface area contributed by atoms with Crippen molar-refractivity contribution in [3.8, 4) is 0 Å². The Hall–Kier alpha value is -1.83. The summed E-state index contributed by atoms with van der Waals surface area (Å²) in [5.74, 6) is -1.38. The van der Waals surface area contributed by atoms with Crippen LogP contribution < -0.4 is 5.56 Å². The molecule has 18 heavy (non-hydrogen) atoms. The number of alkyl halides is 3.